The summed E-state index contributed by atoms with van der Waals surface area (Å²) in [4.78, 5) is 31.2. The number of aryl methyl sites for hydroxylation is 2. The maximum atomic E-state index is 13.3. The average molecular weight is 509 g/mol. The van der Waals surface area contributed by atoms with Crippen LogP contribution in [-0.4, -0.2) is 34.2 Å². The van der Waals surface area contributed by atoms with E-state index in [9.17, 15) is 9.59 Å². The fraction of sp³-hybridized carbons (Fsp3) is 0.233. The molecule has 0 bridgehead atoms. The molecule has 192 valence electrons. The highest BCUT2D eigenvalue weighted by Crippen LogP contribution is 2.36. The first-order chi connectivity index (χ1) is 18.6. The van der Waals surface area contributed by atoms with E-state index in [2.05, 4.69) is 22.0 Å². The fourth-order valence-corrected chi connectivity index (χ4v) is 5.39. The van der Waals surface area contributed by atoms with E-state index < -0.39 is 0 Å². The number of nitrogens with zero attached hydrogens (tertiary/aromatic N) is 3. The van der Waals surface area contributed by atoms with Gasteiger partial charge in [-0.05, 0) is 47.9 Å². The Morgan fingerprint density at radius 1 is 0.974 bits per heavy atom. The van der Waals surface area contributed by atoms with Crippen LogP contribution in [0.5, 0.6) is 11.5 Å². The molecule has 0 atom stereocenters. The molecule has 0 radical (unpaired) electrons. The highest BCUT2D eigenvalue weighted by Gasteiger charge is 2.27. The van der Waals surface area contributed by atoms with Crippen LogP contribution < -0.4 is 20.3 Å². The molecule has 1 N–H and O–H groups in total. The molecule has 1 aliphatic heterocycles. The Labute approximate surface area is 219 Å². The van der Waals surface area contributed by atoms with Gasteiger partial charge in [0.15, 0.2) is 17.3 Å². The molecule has 0 aliphatic carbocycles. The molecule has 0 spiro atoms. The molecule has 3 heterocycles. The highest BCUT2D eigenvalue weighted by atomic mass is 16.5. The van der Waals surface area contributed by atoms with E-state index in [4.69, 9.17) is 14.5 Å². The molecule has 1 aliphatic rings. The Bertz CT molecular complexity index is 1750. The summed E-state index contributed by atoms with van der Waals surface area (Å²) in [6, 6.07) is 21.3. The third-order valence-corrected chi connectivity index (χ3v) is 7.23. The van der Waals surface area contributed by atoms with Crippen molar-refractivity contribution >= 4 is 27.7 Å². The minimum atomic E-state index is -0.0639. The molecule has 1 amide bonds. The third kappa shape index (κ3) is 3.98. The van der Waals surface area contributed by atoms with Gasteiger partial charge in [-0.25, -0.2) is 4.98 Å². The van der Waals surface area contributed by atoms with Crippen LogP contribution in [0.25, 0.3) is 33.3 Å². The molecular weight excluding hydrogens is 480 g/mol. The lowest BCUT2D eigenvalue weighted by molar-refractivity contribution is -0.121. The molecule has 0 unspecified atom stereocenters. The van der Waals surface area contributed by atoms with Gasteiger partial charge < -0.3 is 19.4 Å². The second kappa shape index (κ2) is 9.70. The highest BCUT2D eigenvalue weighted by molar-refractivity contribution is 5.92. The summed E-state index contributed by atoms with van der Waals surface area (Å²) in [6.45, 7) is 1.44. The largest absolute Gasteiger partial charge is 0.493 e. The number of ether oxygens (including phenoxy) is 2. The SMILES string of the molecule is COc1ccc(CNC(=O)CCn2c3c(c4ccccc42)CCn2c-3nc3ccccc3c2=O)cc1OC. The number of fused-ring (bicyclic) bond motifs is 6. The lowest BCUT2D eigenvalue weighted by atomic mass is 10.0. The van der Waals surface area contributed by atoms with Crippen molar-refractivity contribution in [1.29, 1.82) is 0 Å². The Morgan fingerprint density at radius 2 is 1.74 bits per heavy atom. The van der Waals surface area contributed by atoms with Crippen molar-refractivity contribution in [1.82, 2.24) is 19.4 Å². The molecule has 6 rings (SSSR count). The normalized spacial score (nSPS) is 12.3. The number of hydrogen-bond acceptors (Lipinski definition) is 5. The zero-order valence-corrected chi connectivity index (χ0v) is 21.4. The smallest absolute Gasteiger partial charge is 0.261 e. The lowest BCUT2D eigenvalue weighted by Crippen LogP contribution is -2.28. The number of hydrogen-bond donors (Lipinski definition) is 1. The number of benzene rings is 3. The van der Waals surface area contributed by atoms with E-state index in [0.717, 1.165) is 28.6 Å². The van der Waals surface area contributed by atoms with Gasteiger partial charge in [0, 0.05) is 37.0 Å². The minimum Gasteiger partial charge on any atom is -0.493 e. The molecule has 3 aromatic carbocycles. The molecule has 5 aromatic rings. The van der Waals surface area contributed by atoms with Crippen molar-refractivity contribution in [3.63, 3.8) is 0 Å². The number of carbonyl (C=O) groups excluding carboxylic acids is 1. The van der Waals surface area contributed by atoms with E-state index >= 15 is 0 Å². The van der Waals surface area contributed by atoms with Gasteiger partial charge in [0.25, 0.3) is 5.56 Å². The van der Waals surface area contributed by atoms with Gasteiger partial charge in [-0.3, -0.25) is 14.2 Å². The summed E-state index contributed by atoms with van der Waals surface area (Å²) in [5, 5.41) is 4.77. The zero-order chi connectivity index (χ0) is 26.2. The van der Waals surface area contributed by atoms with Crippen LogP contribution in [0.2, 0.25) is 0 Å². The van der Waals surface area contributed by atoms with Gasteiger partial charge in [0.05, 0.1) is 30.8 Å². The number of nitrogens with one attached hydrogen (secondary N) is 1. The Balaban J connectivity index is 1.30. The van der Waals surface area contributed by atoms with Crippen molar-refractivity contribution in [2.24, 2.45) is 0 Å². The predicted molar refractivity (Wildman–Crippen MR) is 147 cm³/mol. The number of amides is 1. The Kier molecular flexibility index (Phi) is 6.07. The Hall–Kier alpha value is -4.59. The van der Waals surface area contributed by atoms with Crippen molar-refractivity contribution in [2.45, 2.75) is 32.5 Å². The van der Waals surface area contributed by atoms with E-state index in [-0.39, 0.29) is 17.9 Å². The summed E-state index contributed by atoms with van der Waals surface area (Å²) >= 11 is 0. The van der Waals surface area contributed by atoms with Crippen molar-refractivity contribution in [3.05, 3.63) is 88.2 Å². The van der Waals surface area contributed by atoms with E-state index in [1.165, 1.54) is 5.56 Å². The van der Waals surface area contributed by atoms with Crippen LogP contribution in [0.3, 0.4) is 0 Å². The predicted octanol–water partition coefficient (Wildman–Crippen LogP) is 4.30. The van der Waals surface area contributed by atoms with Gasteiger partial charge >= 0.3 is 0 Å². The van der Waals surface area contributed by atoms with Crippen molar-refractivity contribution in [2.75, 3.05) is 14.2 Å². The first-order valence-electron chi connectivity index (χ1n) is 12.7. The summed E-state index contributed by atoms with van der Waals surface area (Å²) in [5.41, 5.74) is 4.72. The maximum Gasteiger partial charge on any atom is 0.261 e. The summed E-state index contributed by atoms with van der Waals surface area (Å²) in [5.74, 6) is 1.87. The van der Waals surface area contributed by atoms with Gasteiger partial charge in [0.2, 0.25) is 5.91 Å². The first-order valence-corrected chi connectivity index (χ1v) is 12.7. The van der Waals surface area contributed by atoms with Crippen LogP contribution >= 0.6 is 0 Å². The lowest BCUT2D eigenvalue weighted by Gasteiger charge is -2.21. The van der Waals surface area contributed by atoms with Gasteiger partial charge in [-0.1, -0.05) is 36.4 Å². The van der Waals surface area contributed by atoms with Crippen LogP contribution in [0.1, 0.15) is 17.5 Å². The molecule has 38 heavy (non-hydrogen) atoms. The summed E-state index contributed by atoms with van der Waals surface area (Å²) in [6.07, 6.45) is 1.03. The molecular formula is C30H28N4O4. The van der Waals surface area contributed by atoms with Gasteiger partial charge in [-0.2, -0.15) is 0 Å². The average Bonchev–Trinajstić information content (AvgIpc) is 3.29. The molecule has 0 saturated carbocycles. The molecule has 8 heteroatoms. The standard InChI is InChI=1S/C30H28N4O4/c1-37-25-12-11-19(17-26(25)38-2)18-31-27(35)14-16-33-24-10-6-4-7-20(24)21-13-15-34-29(28(21)33)32-23-9-5-3-8-22(23)30(34)36/h3-12,17H,13-16,18H2,1-2H3,(H,31,35). The van der Waals surface area contributed by atoms with Crippen LogP contribution in [0, 0.1) is 0 Å². The second-order valence-corrected chi connectivity index (χ2v) is 9.37. The second-order valence-electron chi connectivity index (χ2n) is 9.37. The fourth-order valence-electron chi connectivity index (χ4n) is 5.39. The van der Waals surface area contributed by atoms with Crippen LogP contribution in [0.4, 0.5) is 0 Å². The van der Waals surface area contributed by atoms with E-state index in [1.54, 1.807) is 18.8 Å². The number of para-hydroxylation sites is 2. The summed E-state index contributed by atoms with van der Waals surface area (Å²) < 4.78 is 14.6. The van der Waals surface area contributed by atoms with Crippen molar-refractivity contribution in [3.8, 4) is 23.0 Å². The minimum absolute atomic E-state index is 0.0271. The van der Waals surface area contributed by atoms with Gasteiger partial charge in [0.1, 0.15) is 0 Å². The van der Waals surface area contributed by atoms with E-state index in [1.807, 2.05) is 54.6 Å². The molecule has 0 fully saturated rings. The quantitative estimate of drug-likeness (QED) is 0.354. The molecule has 0 saturated heterocycles. The monoisotopic (exact) mass is 508 g/mol. The van der Waals surface area contributed by atoms with Crippen LogP contribution in [0.15, 0.2) is 71.5 Å². The summed E-state index contributed by atoms with van der Waals surface area (Å²) in [7, 11) is 3.18. The Morgan fingerprint density at radius 3 is 2.55 bits per heavy atom. The van der Waals surface area contributed by atoms with E-state index in [0.29, 0.717) is 47.9 Å². The maximum absolute atomic E-state index is 13.3. The molecule has 8 nitrogen and oxygen atoms in total. The topological polar surface area (TPSA) is 87.4 Å². The molecule has 2 aromatic heterocycles. The number of rotatable bonds is 7. The van der Waals surface area contributed by atoms with Gasteiger partial charge in [-0.15, -0.1) is 0 Å². The number of methoxy groups -OCH3 is 2. The number of aromatic nitrogens is 3. The van der Waals surface area contributed by atoms with Crippen molar-refractivity contribution < 1.29 is 14.3 Å². The third-order valence-electron chi connectivity index (χ3n) is 7.23. The van der Waals surface area contributed by atoms with Crippen LogP contribution in [-0.2, 0) is 30.8 Å². The number of carbonyl (C=O) groups is 1. The zero-order valence-electron chi connectivity index (χ0n) is 21.4. The first kappa shape index (κ1) is 23.8.